The molecule has 0 aliphatic carbocycles. The van der Waals surface area contributed by atoms with E-state index in [1.807, 2.05) is 13.0 Å². The van der Waals surface area contributed by atoms with Gasteiger partial charge in [0.15, 0.2) is 0 Å². The van der Waals surface area contributed by atoms with Gasteiger partial charge in [0.05, 0.1) is 0 Å². The van der Waals surface area contributed by atoms with Crippen LogP contribution in [0.2, 0.25) is 0 Å². The number of carbonyl (C=O) groups is 1. The van der Waals surface area contributed by atoms with Crippen molar-refractivity contribution in [2.24, 2.45) is 0 Å². The van der Waals surface area contributed by atoms with E-state index in [2.05, 4.69) is 6.92 Å². The lowest BCUT2D eigenvalue weighted by Gasteiger charge is -2.13. The van der Waals surface area contributed by atoms with Gasteiger partial charge < -0.3 is 10.2 Å². The SMILES string of the molecule is CCCCc1c(CCC(=O)O)ccc(O)c1C. The van der Waals surface area contributed by atoms with Crippen LogP contribution in [-0.2, 0) is 17.6 Å². The molecule has 17 heavy (non-hydrogen) atoms. The van der Waals surface area contributed by atoms with Crippen molar-refractivity contribution in [2.45, 2.75) is 46.0 Å². The zero-order valence-electron chi connectivity index (χ0n) is 10.5. The van der Waals surface area contributed by atoms with Gasteiger partial charge in [-0.2, -0.15) is 0 Å². The van der Waals surface area contributed by atoms with Gasteiger partial charge in [-0.1, -0.05) is 19.4 Å². The van der Waals surface area contributed by atoms with Crippen LogP contribution in [0.5, 0.6) is 5.75 Å². The van der Waals surface area contributed by atoms with E-state index in [0.29, 0.717) is 12.2 Å². The second kappa shape index (κ2) is 6.28. The van der Waals surface area contributed by atoms with E-state index in [-0.39, 0.29) is 6.42 Å². The first-order chi connectivity index (χ1) is 8.06. The summed E-state index contributed by atoms with van der Waals surface area (Å²) in [5.74, 6) is -0.479. The fourth-order valence-corrected chi connectivity index (χ4v) is 1.98. The summed E-state index contributed by atoms with van der Waals surface area (Å²) in [5.41, 5.74) is 3.06. The van der Waals surface area contributed by atoms with Crippen LogP contribution in [0.4, 0.5) is 0 Å². The van der Waals surface area contributed by atoms with Crippen LogP contribution in [0.25, 0.3) is 0 Å². The summed E-state index contributed by atoms with van der Waals surface area (Å²) in [6.07, 6.45) is 3.74. The molecular formula is C14H20O3. The van der Waals surface area contributed by atoms with Gasteiger partial charge >= 0.3 is 5.97 Å². The number of phenols is 1. The molecule has 1 aromatic carbocycles. The molecule has 0 radical (unpaired) electrons. The maximum Gasteiger partial charge on any atom is 0.303 e. The van der Waals surface area contributed by atoms with Gasteiger partial charge in [-0.15, -0.1) is 0 Å². The largest absolute Gasteiger partial charge is 0.508 e. The van der Waals surface area contributed by atoms with Crippen LogP contribution in [0.1, 0.15) is 42.9 Å². The first-order valence-electron chi connectivity index (χ1n) is 6.08. The predicted molar refractivity (Wildman–Crippen MR) is 67.4 cm³/mol. The molecule has 0 unspecified atom stereocenters. The number of benzene rings is 1. The van der Waals surface area contributed by atoms with Crippen molar-refractivity contribution in [3.8, 4) is 5.75 Å². The van der Waals surface area contributed by atoms with Crippen LogP contribution in [0.3, 0.4) is 0 Å². The van der Waals surface area contributed by atoms with Crippen molar-refractivity contribution in [3.05, 3.63) is 28.8 Å². The molecule has 0 saturated carbocycles. The molecule has 0 atom stereocenters. The lowest BCUT2D eigenvalue weighted by atomic mass is 9.94. The zero-order valence-corrected chi connectivity index (χ0v) is 10.5. The highest BCUT2D eigenvalue weighted by Crippen LogP contribution is 2.26. The Morgan fingerprint density at radius 2 is 2.00 bits per heavy atom. The minimum absolute atomic E-state index is 0.142. The molecule has 0 amide bonds. The number of hydrogen-bond donors (Lipinski definition) is 2. The van der Waals surface area contributed by atoms with Gasteiger partial charge in [0.2, 0.25) is 0 Å². The second-order valence-electron chi connectivity index (χ2n) is 4.34. The number of phenolic OH excluding ortho intramolecular Hbond substituents is 1. The smallest absolute Gasteiger partial charge is 0.303 e. The quantitative estimate of drug-likeness (QED) is 0.798. The molecule has 0 spiro atoms. The van der Waals surface area contributed by atoms with Crippen molar-refractivity contribution in [2.75, 3.05) is 0 Å². The summed E-state index contributed by atoms with van der Waals surface area (Å²) in [6.45, 7) is 4.01. The lowest BCUT2D eigenvalue weighted by molar-refractivity contribution is -0.136. The molecule has 0 heterocycles. The Morgan fingerprint density at radius 1 is 1.29 bits per heavy atom. The van der Waals surface area contributed by atoms with Crippen LogP contribution < -0.4 is 0 Å². The Morgan fingerprint density at radius 3 is 2.59 bits per heavy atom. The highest BCUT2D eigenvalue weighted by Gasteiger charge is 2.10. The molecule has 1 aromatic rings. The number of hydrogen-bond acceptors (Lipinski definition) is 2. The summed E-state index contributed by atoms with van der Waals surface area (Å²) >= 11 is 0. The predicted octanol–water partition coefficient (Wildman–Crippen LogP) is 3.06. The minimum Gasteiger partial charge on any atom is -0.508 e. The highest BCUT2D eigenvalue weighted by atomic mass is 16.4. The van der Waals surface area contributed by atoms with E-state index >= 15 is 0 Å². The molecule has 94 valence electrons. The van der Waals surface area contributed by atoms with E-state index in [1.165, 1.54) is 0 Å². The van der Waals surface area contributed by atoms with Gasteiger partial charge in [-0.25, -0.2) is 0 Å². The molecule has 1 rings (SSSR count). The first kappa shape index (κ1) is 13.6. The van der Waals surface area contributed by atoms with Crippen molar-refractivity contribution in [1.82, 2.24) is 0 Å². The minimum atomic E-state index is -0.780. The normalized spacial score (nSPS) is 10.5. The average Bonchev–Trinajstić information content (AvgIpc) is 2.29. The molecule has 0 bridgehead atoms. The average molecular weight is 236 g/mol. The van der Waals surface area contributed by atoms with E-state index in [4.69, 9.17) is 5.11 Å². The number of aliphatic carboxylic acids is 1. The number of aromatic hydroxyl groups is 1. The summed E-state index contributed by atoms with van der Waals surface area (Å²) in [5, 5.41) is 18.4. The molecule has 0 aromatic heterocycles. The van der Waals surface area contributed by atoms with Crippen LogP contribution in [0.15, 0.2) is 12.1 Å². The van der Waals surface area contributed by atoms with Crippen molar-refractivity contribution in [1.29, 1.82) is 0 Å². The number of unbranched alkanes of at least 4 members (excludes halogenated alkanes) is 1. The third-order valence-corrected chi connectivity index (χ3v) is 3.06. The maximum absolute atomic E-state index is 10.6. The van der Waals surface area contributed by atoms with Gasteiger partial charge in [0.1, 0.15) is 5.75 Å². The fraction of sp³-hybridized carbons (Fsp3) is 0.500. The van der Waals surface area contributed by atoms with Gasteiger partial charge in [0, 0.05) is 6.42 Å². The molecule has 3 nitrogen and oxygen atoms in total. The maximum atomic E-state index is 10.6. The van der Waals surface area contributed by atoms with E-state index in [9.17, 15) is 9.90 Å². The Hall–Kier alpha value is -1.51. The summed E-state index contributed by atoms with van der Waals surface area (Å²) in [7, 11) is 0. The summed E-state index contributed by atoms with van der Waals surface area (Å²) < 4.78 is 0. The van der Waals surface area contributed by atoms with Crippen molar-refractivity contribution in [3.63, 3.8) is 0 Å². The first-order valence-corrected chi connectivity index (χ1v) is 6.08. The van der Waals surface area contributed by atoms with Crippen LogP contribution in [-0.4, -0.2) is 16.2 Å². The van der Waals surface area contributed by atoms with Crippen molar-refractivity contribution >= 4 is 5.97 Å². The topological polar surface area (TPSA) is 57.5 Å². The molecule has 0 aliphatic rings. The Labute approximate surface area is 102 Å². The van der Waals surface area contributed by atoms with Crippen LogP contribution >= 0.6 is 0 Å². The number of carboxylic acids is 1. The van der Waals surface area contributed by atoms with Gasteiger partial charge in [-0.3, -0.25) is 4.79 Å². The van der Waals surface area contributed by atoms with Crippen LogP contribution in [0, 0.1) is 6.92 Å². The Balaban J connectivity index is 2.93. The van der Waals surface area contributed by atoms with E-state index in [0.717, 1.165) is 36.0 Å². The third-order valence-electron chi connectivity index (χ3n) is 3.06. The molecular weight excluding hydrogens is 216 g/mol. The second-order valence-corrected chi connectivity index (χ2v) is 4.34. The monoisotopic (exact) mass is 236 g/mol. The third kappa shape index (κ3) is 3.77. The number of rotatable bonds is 6. The fourth-order valence-electron chi connectivity index (χ4n) is 1.98. The molecule has 0 saturated heterocycles. The molecule has 0 fully saturated rings. The molecule has 3 heteroatoms. The van der Waals surface area contributed by atoms with E-state index < -0.39 is 5.97 Å². The number of aryl methyl sites for hydroxylation is 1. The highest BCUT2D eigenvalue weighted by molar-refractivity contribution is 5.67. The standard InChI is InChI=1S/C14H20O3/c1-3-4-5-12-10(2)13(15)8-6-11(12)7-9-14(16)17/h6,8,15H,3-5,7,9H2,1-2H3,(H,16,17). The Kier molecular flexibility index (Phi) is 5.01. The van der Waals surface area contributed by atoms with E-state index in [1.54, 1.807) is 6.07 Å². The summed E-state index contributed by atoms with van der Waals surface area (Å²) in [6, 6.07) is 3.50. The zero-order chi connectivity index (χ0) is 12.8. The Bertz CT molecular complexity index is 397. The van der Waals surface area contributed by atoms with Crippen molar-refractivity contribution < 1.29 is 15.0 Å². The summed E-state index contributed by atoms with van der Waals surface area (Å²) in [4.78, 5) is 10.6. The van der Waals surface area contributed by atoms with Gasteiger partial charge in [0.25, 0.3) is 0 Å². The molecule has 0 aliphatic heterocycles. The molecule has 2 N–H and O–H groups in total. The van der Waals surface area contributed by atoms with Gasteiger partial charge in [-0.05, 0) is 48.9 Å². The number of carboxylic acid groups (broad SMARTS) is 1. The lowest BCUT2D eigenvalue weighted by Crippen LogP contribution is -2.02.